The van der Waals surface area contributed by atoms with Gasteiger partial charge < -0.3 is 39.0 Å². The van der Waals surface area contributed by atoms with Gasteiger partial charge in [-0.1, -0.05) is 215 Å². The van der Waals surface area contributed by atoms with E-state index < -0.39 is 67.3 Å². The highest BCUT2D eigenvalue weighted by Crippen LogP contribution is 2.26. The fourth-order valence-corrected chi connectivity index (χ4v) is 8.49. The molecule has 6 unspecified atom stereocenters. The van der Waals surface area contributed by atoms with E-state index in [-0.39, 0.29) is 25.9 Å². The second-order valence-corrected chi connectivity index (χ2v) is 19.9. The molecule has 0 amide bonds. The number of carboxylic acids is 1. The molecule has 1 heterocycles. The van der Waals surface area contributed by atoms with Gasteiger partial charge in [-0.05, 0) is 89.9 Å². The van der Waals surface area contributed by atoms with Crippen LogP contribution < -0.4 is 0 Å². The van der Waals surface area contributed by atoms with Gasteiger partial charge in [0.1, 0.15) is 18.8 Å². The average molecular weight is 1050 g/mol. The summed E-state index contributed by atoms with van der Waals surface area (Å²) in [6.07, 6.45) is 52.7. The van der Waals surface area contributed by atoms with E-state index in [2.05, 4.69) is 106 Å². The minimum absolute atomic E-state index is 0.0413. The molecule has 6 atom stereocenters. The van der Waals surface area contributed by atoms with Gasteiger partial charge in [0.25, 0.3) is 0 Å². The largest absolute Gasteiger partial charge is 0.479 e. The predicted octanol–water partition coefficient (Wildman–Crippen LogP) is 15.1. The van der Waals surface area contributed by atoms with Gasteiger partial charge >= 0.3 is 23.9 Å². The molecule has 0 bridgehead atoms. The highest BCUT2D eigenvalue weighted by atomic mass is 16.7. The van der Waals surface area contributed by atoms with Gasteiger partial charge in [-0.25, -0.2) is 4.79 Å². The van der Waals surface area contributed by atoms with Crippen molar-refractivity contribution in [3.63, 3.8) is 0 Å². The lowest BCUT2D eigenvalue weighted by Gasteiger charge is -2.40. The maximum atomic E-state index is 13.1. The maximum absolute atomic E-state index is 13.1. The minimum atomic E-state index is -1.91. The fourth-order valence-electron chi connectivity index (χ4n) is 8.49. The first-order valence-corrected chi connectivity index (χ1v) is 29.6. The third-order valence-corrected chi connectivity index (χ3v) is 13.0. The molecular formula is C63H104O12. The zero-order valence-corrected chi connectivity index (χ0v) is 47.0. The molecule has 1 saturated heterocycles. The zero-order chi connectivity index (χ0) is 54.7. The van der Waals surface area contributed by atoms with Crippen LogP contribution in [0.2, 0.25) is 0 Å². The highest BCUT2D eigenvalue weighted by molar-refractivity contribution is 5.74. The van der Waals surface area contributed by atoms with Crippen molar-refractivity contribution < 1.29 is 58.2 Å². The molecule has 1 aliphatic heterocycles. The first kappa shape index (κ1) is 68.9. The predicted molar refractivity (Wildman–Crippen MR) is 303 cm³/mol. The first-order chi connectivity index (χ1) is 36.6. The SMILES string of the molecule is CC/C=C\C/C=C\C/C=C\C/C=C\CCCCCCCCC(=O)OC1C(OCC(COC(=O)CCCCCCCCC/C=C\C/C=C\C/C=C\CC)OC(=O)CCCCCCCCCCC)OC(C(=O)O)C(O)C1O. The topological polar surface area (TPSA) is 175 Å². The van der Waals surface area contributed by atoms with E-state index in [1.54, 1.807) is 0 Å². The van der Waals surface area contributed by atoms with Crippen molar-refractivity contribution in [2.45, 2.75) is 276 Å². The second kappa shape index (κ2) is 50.7. The Balaban J connectivity index is 2.64. The summed E-state index contributed by atoms with van der Waals surface area (Å²) in [7, 11) is 0. The Kier molecular flexibility index (Phi) is 46.6. The van der Waals surface area contributed by atoms with Gasteiger partial charge in [0.05, 0.1) is 6.61 Å². The Hall–Kier alpha value is -4.10. The number of rotatable bonds is 49. The van der Waals surface area contributed by atoms with Crippen molar-refractivity contribution in [2.24, 2.45) is 0 Å². The number of allylic oxidation sites excluding steroid dienone is 14. The van der Waals surface area contributed by atoms with E-state index in [4.69, 9.17) is 23.7 Å². The molecule has 0 saturated carbocycles. The van der Waals surface area contributed by atoms with E-state index in [0.29, 0.717) is 19.3 Å². The summed E-state index contributed by atoms with van der Waals surface area (Å²) in [6.45, 7) is 5.73. The number of aliphatic hydroxyl groups is 2. The number of hydrogen-bond donors (Lipinski definition) is 3. The third-order valence-electron chi connectivity index (χ3n) is 13.0. The number of carbonyl (C=O) groups is 4. The number of carboxylic acid groups (broad SMARTS) is 1. The molecule has 0 aromatic heterocycles. The lowest BCUT2D eigenvalue weighted by molar-refractivity contribution is -0.301. The lowest BCUT2D eigenvalue weighted by atomic mass is 9.98. The number of esters is 3. The molecule has 0 aromatic carbocycles. The number of ether oxygens (including phenoxy) is 5. The summed E-state index contributed by atoms with van der Waals surface area (Å²) >= 11 is 0. The van der Waals surface area contributed by atoms with Crippen molar-refractivity contribution >= 4 is 23.9 Å². The van der Waals surface area contributed by atoms with Gasteiger partial charge in [-0.3, -0.25) is 14.4 Å². The van der Waals surface area contributed by atoms with E-state index >= 15 is 0 Å². The molecular weight excluding hydrogens is 949 g/mol. The summed E-state index contributed by atoms with van der Waals surface area (Å²) in [5, 5.41) is 31.5. The molecule has 1 fully saturated rings. The molecule has 75 heavy (non-hydrogen) atoms. The zero-order valence-electron chi connectivity index (χ0n) is 47.0. The number of unbranched alkanes of at least 4 members (excludes halogenated alkanes) is 21. The van der Waals surface area contributed by atoms with Crippen molar-refractivity contribution in [3.8, 4) is 0 Å². The minimum Gasteiger partial charge on any atom is -0.479 e. The quantitative estimate of drug-likeness (QED) is 0.0228. The van der Waals surface area contributed by atoms with Crippen LogP contribution in [-0.4, -0.2) is 89.2 Å². The van der Waals surface area contributed by atoms with Gasteiger partial charge in [0.15, 0.2) is 24.6 Å². The number of carbonyl (C=O) groups excluding carboxylic acids is 3. The van der Waals surface area contributed by atoms with Crippen LogP contribution in [0.4, 0.5) is 0 Å². The Bertz CT molecular complexity index is 1630. The van der Waals surface area contributed by atoms with Crippen LogP contribution in [-0.2, 0) is 42.9 Å². The van der Waals surface area contributed by atoms with Gasteiger partial charge in [-0.15, -0.1) is 0 Å². The Labute approximate surface area is 454 Å². The summed E-state index contributed by atoms with van der Waals surface area (Å²) < 4.78 is 28.4. The molecule has 428 valence electrons. The summed E-state index contributed by atoms with van der Waals surface area (Å²) in [6, 6.07) is 0. The number of aliphatic hydroxyl groups excluding tert-OH is 2. The van der Waals surface area contributed by atoms with Crippen molar-refractivity contribution in [2.75, 3.05) is 13.2 Å². The normalized spacial score (nSPS) is 18.8. The van der Waals surface area contributed by atoms with E-state index in [9.17, 15) is 34.5 Å². The average Bonchev–Trinajstić information content (AvgIpc) is 3.39. The van der Waals surface area contributed by atoms with Gasteiger partial charge in [-0.2, -0.15) is 0 Å². The maximum Gasteiger partial charge on any atom is 0.335 e. The van der Waals surface area contributed by atoms with Gasteiger partial charge in [0, 0.05) is 19.3 Å². The van der Waals surface area contributed by atoms with Crippen LogP contribution in [0.25, 0.3) is 0 Å². The standard InChI is InChI=1S/C63H104O12/c1-4-7-10-13-16-19-21-23-25-27-28-30-32-34-36-39-42-45-48-51-57(66)74-61-59(68)58(67)60(62(69)70)75-63(61)72-53-54(73-56(65)50-47-44-41-37-18-15-12-9-6-3)52-71-55(64)49-46-43-40-38-35-33-31-29-26-24-22-20-17-14-11-8-5-2/h7-8,10-11,16-17,19-20,23-26,28,30,54,58-61,63,67-68H,4-6,9,12-15,18,21-22,27,29,31-53H2,1-3H3,(H,69,70)/b10-7-,11-8-,19-16-,20-17-,25-23-,26-24-,30-28-. The lowest BCUT2D eigenvalue weighted by Crippen LogP contribution is -2.61. The molecule has 3 N–H and O–H groups in total. The van der Waals surface area contributed by atoms with Crippen molar-refractivity contribution in [1.82, 2.24) is 0 Å². The molecule has 12 nitrogen and oxygen atoms in total. The van der Waals surface area contributed by atoms with Crippen LogP contribution in [0.15, 0.2) is 85.1 Å². The molecule has 1 aliphatic rings. The molecule has 0 spiro atoms. The van der Waals surface area contributed by atoms with Crippen molar-refractivity contribution in [1.29, 1.82) is 0 Å². The Morgan fingerprint density at radius 3 is 1.28 bits per heavy atom. The molecule has 0 aliphatic carbocycles. The third kappa shape index (κ3) is 40.8. The Morgan fingerprint density at radius 1 is 0.453 bits per heavy atom. The number of hydrogen-bond acceptors (Lipinski definition) is 11. The molecule has 0 radical (unpaired) electrons. The van der Waals surface area contributed by atoms with Gasteiger partial charge in [0.2, 0.25) is 0 Å². The highest BCUT2D eigenvalue weighted by Gasteiger charge is 2.50. The molecule has 1 rings (SSSR count). The van der Waals surface area contributed by atoms with E-state index in [1.807, 2.05) is 0 Å². The molecule has 12 heteroatoms. The molecule has 0 aromatic rings. The van der Waals surface area contributed by atoms with Crippen LogP contribution in [0.3, 0.4) is 0 Å². The van der Waals surface area contributed by atoms with Crippen LogP contribution >= 0.6 is 0 Å². The Morgan fingerprint density at radius 2 is 0.840 bits per heavy atom. The van der Waals surface area contributed by atoms with E-state index in [0.717, 1.165) is 141 Å². The smallest absolute Gasteiger partial charge is 0.335 e. The number of aliphatic carboxylic acids is 1. The van der Waals surface area contributed by atoms with E-state index in [1.165, 1.54) is 38.5 Å². The van der Waals surface area contributed by atoms with Crippen LogP contribution in [0.1, 0.15) is 239 Å². The second-order valence-electron chi connectivity index (χ2n) is 19.9. The summed E-state index contributed by atoms with van der Waals surface area (Å²) in [5.74, 6) is -3.15. The fraction of sp³-hybridized carbons (Fsp3) is 0.714. The van der Waals surface area contributed by atoms with Crippen LogP contribution in [0, 0.1) is 0 Å². The summed E-state index contributed by atoms with van der Waals surface area (Å²) in [4.78, 5) is 51.0. The monoisotopic (exact) mass is 1050 g/mol. The summed E-state index contributed by atoms with van der Waals surface area (Å²) in [5.41, 5.74) is 0. The van der Waals surface area contributed by atoms with Crippen molar-refractivity contribution in [3.05, 3.63) is 85.1 Å². The van der Waals surface area contributed by atoms with Crippen LogP contribution in [0.5, 0.6) is 0 Å². The first-order valence-electron chi connectivity index (χ1n) is 29.6.